The van der Waals surface area contributed by atoms with Crippen LogP contribution in [0.2, 0.25) is 0 Å². The Balaban J connectivity index is 2.38. The summed E-state index contributed by atoms with van der Waals surface area (Å²) in [4.78, 5) is 22.6. The summed E-state index contributed by atoms with van der Waals surface area (Å²) in [5.41, 5.74) is 2.64. The minimum atomic E-state index is -0.269. The molecule has 6 nitrogen and oxygen atoms in total. The Morgan fingerprint density at radius 1 is 1.41 bits per heavy atom. The summed E-state index contributed by atoms with van der Waals surface area (Å²) >= 11 is 0. The molecule has 0 aliphatic carbocycles. The van der Waals surface area contributed by atoms with Crippen molar-refractivity contribution < 1.29 is 4.79 Å². The highest BCUT2D eigenvalue weighted by Crippen LogP contribution is 2.07. The van der Waals surface area contributed by atoms with E-state index < -0.39 is 0 Å². The summed E-state index contributed by atoms with van der Waals surface area (Å²) in [7, 11) is 0. The number of aromatic nitrogens is 2. The number of rotatable bonds is 3. The Morgan fingerprint density at radius 3 is 2.94 bits per heavy atom. The minimum absolute atomic E-state index is 0.125. The zero-order valence-electron chi connectivity index (χ0n) is 9.09. The largest absolute Gasteiger partial charge is 0.294 e. The highest BCUT2D eigenvalue weighted by molar-refractivity contribution is 5.78. The fraction of sp³-hybridized carbons (Fsp3) is 0.182. The van der Waals surface area contributed by atoms with E-state index >= 15 is 0 Å². The predicted octanol–water partition coefficient (Wildman–Crippen LogP) is -0.223. The van der Waals surface area contributed by atoms with E-state index in [-0.39, 0.29) is 17.8 Å². The molecule has 88 valence electrons. The number of carbonyl (C=O) groups excluding carboxylic acids is 1. The first-order chi connectivity index (χ1) is 8.22. The van der Waals surface area contributed by atoms with Crippen molar-refractivity contribution in [1.29, 1.82) is 0 Å². The predicted molar refractivity (Wildman–Crippen MR) is 63.0 cm³/mol. The lowest BCUT2D eigenvalue weighted by Gasteiger charge is -2.08. The molecule has 1 aromatic heterocycles. The van der Waals surface area contributed by atoms with E-state index in [9.17, 15) is 9.59 Å². The second kappa shape index (κ2) is 4.75. The topological polar surface area (TPSA) is 90.0 Å². The van der Waals surface area contributed by atoms with E-state index in [1.165, 1.54) is 6.20 Å². The molecule has 0 atom stereocenters. The zero-order valence-corrected chi connectivity index (χ0v) is 9.09. The van der Waals surface area contributed by atoms with Crippen LogP contribution in [0, 0.1) is 0 Å². The lowest BCUT2D eigenvalue weighted by atomic mass is 10.2. The SMILES string of the molecule is NNC(=O)CCn1ncc(=O)c2ccccc21. The van der Waals surface area contributed by atoms with Crippen molar-refractivity contribution in [3.05, 3.63) is 40.7 Å². The van der Waals surface area contributed by atoms with Crippen LogP contribution >= 0.6 is 0 Å². The Hall–Kier alpha value is -2.21. The Morgan fingerprint density at radius 2 is 2.18 bits per heavy atom. The van der Waals surface area contributed by atoms with Crippen LogP contribution in [-0.4, -0.2) is 15.7 Å². The number of benzene rings is 1. The fourth-order valence-electron chi connectivity index (χ4n) is 1.62. The third kappa shape index (κ3) is 2.31. The number of hydrogen-bond acceptors (Lipinski definition) is 4. The van der Waals surface area contributed by atoms with Gasteiger partial charge in [0.15, 0.2) is 0 Å². The van der Waals surface area contributed by atoms with E-state index in [2.05, 4.69) is 10.5 Å². The van der Waals surface area contributed by atoms with Crippen LogP contribution < -0.4 is 16.7 Å². The van der Waals surface area contributed by atoms with Gasteiger partial charge in [0.2, 0.25) is 11.3 Å². The summed E-state index contributed by atoms with van der Waals surface area (Å²) in [6, 6.07) is 7.15. The number of para-hydroxylation sites is 1. The van der Waals surface area contributed by atoms with Crippen LogP contribution in [0.15, 0.2) is 35.3 Å². The third-order valence-corrected chi connectivity index (χ3v) is 2.47. The number of nitrogens with one attached hydrogen (secondary N) is 1. The molecule has 0 aliphatic heterocycles. The van der Waals surface area contributed by atoms with Crippen molar-refractivity contribution in [2.24, 2.45) is 5.84 Å². The number of nitrogens with zero attached hydrogens (tertiary/aromatic N) is 2. The first-order valence-electron chi connectivity index (χ1n) is 5.16. The first-order valence-corrected chi connectivity index (χ1v) is 5.16. The van der Waals surface area contributed by atoms with Gasteiger partial charge in [-0.2, -0.15) is 5.10 Å². The van der Waals surface area contributed by atoms with Gasteiger partial charge < -0.3 is 0 Å². The molecule has 6 heteroatoms. The second-order valence-corrected chi connectivity index (χ2v) is 3.57. The average Bonchev–Trinajstić information content (AvgIpc) is 2.38. The van der Waals surface area contributed by atoms with Crippen LogP contribution in [0.25, 0.3) is 10.9 Å². The van der Waals surface area contributed by atoms with Crippen molar-refractivity contribution >= 4 is 16.8 Å². The number of hydrazine groups is 1. The van der Waals surface area contributed by atoms with Gasteiger partial charge in [0, 0.05) is 11.8 Å². The van der Waals surface area contributed by atoms with E-state index in [0.717, 1.165) is 0 Å². The molecule has 0 fully saturated rings. The van der Waals surface area contributed by atoms with Crippen LogP contribution in [-0.2, 0) is 11.3 Å². The molecule has 1 amide bonds. The van der Waals surface area contributed by atoms with Gasteiger partial charge in [-0.05, 0) is 12.1 Å². The molecule has 0 radical (unpaired) electrons. The minimum Gasteiger partial charge on any atom is -0.294 e. The maximum atomic E-state index is 11.6. The Labute approximate surface area is 97.0 Å². The monoisotopic (exact) mass is 232 g/mol. The lowest BCUT2D eigenvalue weighted by molar-refractivity contribution is -0.121. The maximum absolute atomic E-state index is 11.6. The third-order valence-electron chi connectivity index (χ3n) is 2.47. The van der Waals surface area contributed by atoms with E-state index in [1.54, 1.807) is 22.9 Å². The van der Waals surface area contributed by atoms with Gasteiger partial charge in [0.05, 0.1) is 18.3 Å². The number of carbonyl (C=O) groups is 1. The number of hydrogen-bond donors (Lipinski definition) is 2. The van der Waals surface area contributed by atoms with E-state index in [0.29, 0.717) is 17.4 Å². The highest BCUT2D eigenvalue weighted by Gasteiger charge is 2.04. The Kier molecular flexibility index (Phi) is 3.15. The molecule has 1 heterocycles. The number of fused-ring (bicyclic) bond motifs is 1. The fourth-order valence-corrected chi connectivity index (χ4v) is 1.62. The summed E-state index contributed by atoms with van der Waals surface area (Å²) in [6.45, 7) is 0.379. The molecule has 0 saturated heterocycles. The summed E-state index contributed by atoms with van der Waals surface area (Å²) in [5, 5.41) is 4.59. The van der Waals surface area contributed by atoms with Gasteiger partial charge in [-0.1, -0.05) is 12.1 Å². The van der Waals surface area contributed by atoms with Crippen LogP contribution in [0.4, 0.5) is 0 Å². The standard InChI is InChI=1S/C11H12N4O2/c12-14-11(17)5-6-15-9-4-2-1-3-8(9)10(16)7-13-15/h1-4,7H,5-6,12H2,(H,14,17). The molecule has 2 rings (SSSR count). The van der Waals surface area contributed by atoms with E-state index in [1.807, 2.05) is 6.07 Å². The number of amides is 1. The van der Waals surface area contributed by atoms with Gasteiger partial charge in [0.1, 0.15) is 0 Å². The van der Waals surface area contributed by atoms with Crippen LogP contribution in [0.5, 0.6) is 0 Å². The number of aryl methyl sites for hydroxylation is 1. The molecule has 1 aromatic carbocycles. The van der Waals surface area contributed by atoms with Crippen molar-refractivity contribution in [2.45, 2.75) is 13.0 Å². The van der Waals surface area contributed by atoms with Crippen molar-refractivity contribution in [2.75, 3.05) is 0 Å². The molecular formula is C11H12N4O2. The van der Waals surface area contributed by atoms with Gasteiger partial charge in [0.25, 0.3) is 0 Å². The normalized spacial score (nSPS) is 10.4. The summed E-state index contributed by atoms with van der Waals surface area (Å²) in [5.74, 6) is 4.72. The lowest BCUT2D eigenvalue weighted by Crippen LogP contribution is -2.31. The molecule has 0 bridgehead atoms. The molecule has 0 aliphatic rings. The second-order valence-electron chi connectivity index (χ2n) is 3.57. The van der Waals surface area contributed by atoms with E-state index in [4.69, 9.17) is 5.84 Å². The van der Waals surface area contributed by atoms with Crippen LogP contribution in [0.3, 0.4) is 0 Å². The van der Waals surface area contributed by atoms with Crippen molar-refractivity contribution in [1.82, 2.24) is 15.2 Å². The molecule has 0 spiro atoms. The molecule has 3 N–H and O–H groups in total. The van der Waals surface area contributed by atoms with Gasteiger partial charge in [-0.3, -0.25) is 19.7 Å². The quantitative estimate of drug-likeness (QED) is 0.435. The van der Waals surface area contributed by atoms with Crippen molar-refractivity contribution in [3.63, 3.8) is 0 Å². The molecular weight excluding hydrogens is 220 g/mol. The molecule has 0 unspecified atom stereocenters. The molecule has 0 saturated carbocycles. The smallest absolute Gasteiger partial charge is 0.235 e. The summed E-state index contributed by atoms with van der Waals surface area (Å²) < 4.78 is 1.62. The van der Waals surface area contributed by atoms with Gasteiger partial charge in [-0.15, -0.1) is 0 Å². The van der Waals surface area contributed by atoms with Gasteiger partial charge >= 0.3 is 0 Å². The summed E-state index contributed by atoms with van der Waals surface area (Å²) in [6.07, 6.45) is 1.47. The first kappa shape index (κ1) is 11.3. The Bertz CT molecular complexity index is 606. The average molecular weight is 232 g/mol. The zero-order chi connectivity index (χ0) is 12.3. The van der Waals surface area contributed by atoms with Crippen LogP contribution in [0.1, 0.15) is 6.42 Å². The number of nitrogens with two attached hydrogens (primary N) is 1. The molecule has 2 aromatic rings. The highest BCUT2D eigenvalue weighted by atomic mass is 16.2. The molecule has 17 heavy (non-hydrogen) atoms. The van der Waals surface area contributed by atoms with Crippen molar-refractivity contribution in [3.8, 4) is 0 Å². The maximum Gasteiger partial charge on any atom is 0.235 e. The van der Waals surface area contributed by atoms with Gasteiger partial charge in [-0.25, -0.2) is 5.84 Å².